The van der Waals surface area contributed by atoms with Gasteiger partial charge in [-0.15, -0.1) is 0 Å². The van der Waals surface area contributed by atoms with Crippen molar-refractivity contribution in [2.45, 2.75) is 25.7 Å². The van der Waals surface area contributed by atoms with Crippen molar-refractivity contribution in [3.8, 4) is 0 Å². The molecular formula is C8H12B2F8Ni. The summed E-state index contributed by atoms with van der Waals surface area (Å²) >= 11 is 0. The van der Waals surface area contributed by atoms with Gasteiger partial charge in [0.25, 0.3) is 0 Å². The molecule has 0 saturated carbocycles. The Labute approximate surface area is 116 Å². The SMILES string of the molecule is C1=CCCCCC=C1.F[B-](F)(F)F.F[B-](F)(F)F.[Ni+2]. The molecule has 116 valence electrons. The molecule has 0 aliphatic heterocycles. The van der Waals surface area contributed by atoms with Gasteiger partial charge in [0.1, 0.15) is 0 Å². The van der Waals surface area contributed by atoms with Crippen LogP contribution in [-0.2, 0) is 16.5 Å². The van der Waals surface area contributed by atoms with Crippen LogP contribution in [0, 0.1) is 0 Å². The molecule has 0 spiro atoms. The predicted octanol–water partition coefficient (Wildman–Crippen LogP) is 5.27. The average Bonchev–Trinajstić information content (AvgIpc) is 1.93. The molecule has 0 aromatic rings. The van der Waals surface area contributed by atoms with E-state index < -0.39 is 14.5 Å². The Balaban J connectivity index is -0.000000208. The van der Waals surface area contributed by atoms with Crippen molar-refractivity contribution in [2.75, 3.05) is 0 Å². The first-order chi connectivity index (χ1) is 8.00. The Morgan fingerprint density at radius 1 is 0.579 bits per heavy atom. The second-order valence-electron chi connectivity index (χ2n) is 3.13. The maximum absolute atomic E-state index is 9.75. The van der Waals surface area contributed by atoms with Gasteiger partial charge in [-0.05, 0) is 25.7 Å². The van der Waals surface area contributed by atoms with Crippen molar-refractivity contribution in [1.82, 2.24) is 0 Å². The van der Waals surface area contributed by atoms with E-state index >= 15 is 0 Å². The van der Waals surface area contributed by atoms with Gasteiger partial charge in [0.2, 0.25) is 0 Å². The number of rotatable bonds is 0. The van der Waals surface area contributed by atoms with E-state index in [1.807, 2.05) is 0 Å². The third-order valence-electron chi connectivity index (χ3n) is 1.37. The monoisotopic (exact) mass is 340 g/mol. The van der Waals surface area contributed by atoms with Crippen LogP contribution >= 0.6 is 0 Å². The Kier molecular flexibility index (Phi) is 15.6. The quantitative estimate of drug-likeness (QED) is 0.416. The van der Waals surface area contributed by atoms with Crippen molar-refractivity contribution < 1.29 is 51.0 Å². The number of allylic oxidation sites excluding steroid dienone is 4. The molecule has 0 amide bonds. The van der Waals surface area contributed by atoms with Gasteiger partial charge in [-0.25, -0.2) is 0 Å². The molecule has 19 heavy (non-hydrogen) atoms. The number of halogens is 8. The molecule has 1 aliphatic carbocycles. The second kappa shape index (κ2) is 12.6. The molecule has 1 rings (SSSR count). The summed E-state index contributed by atoms with van der Waals surface area (Å²) in [4.78, 5) is 0. The van der Waals surface area contributed by atoms with Gasteiger partial charge in [-0.2, -0.15) is 0 Å². The molecule has 1 aliphatic rings. The minimum absolute atomic E-state index is 0. The Morgan fingerprint density at radius 2 is 0.789 bits per heavy atom. The summed E-state index contributed by atoms with van der Waals surface area (Å²) in [7, 11) is -12.0. The van der Waals surface area contributed by atoms with E-state index in [1.165, 1.54) is 25.7 Å². The van der Waals surface area contributed by atoms with Gasteiger partial charge in [0.05, 0.1) is 0 Å². The topological polar surface area (TPSA) is 0 Å². The van der Waals surface area contributed by atoms with Crippen LogP contribution in [0.1, 0.15) is 25.7 Å². The minimum atomic E-state index is -6.00. The van der Waals surface area contributed by atoms with E-state index in [0.29, 0.717) is 0 Å². The molecule has 0 atom stereocenters. The van der Waals surface area contributed by atoms with Gasteiger partial charge in [-0.3, -0.25) is 0 Å². The Bertz CT molecular complexity index is 210. The van der Waals surface area contributed by atoms with E-state index in [1.54, 1.807) is 0 Å². The molecular weight excluding hydrogens is 328 g/mol. The summed E-state index contributed by atoms with van der Waals surface area (Å²) in [5, 5.41) is 0. The van der Waals surface area contributed by atoms with Crippen LogP contribution in [0.5, 0.6) is 0 Å². The molecule has 0 nitrogen and oxygen atoms in total. The standard InChI is InChI=1S/C8H12.2BF4.Ni/c1-2-4-6-8-7-5-3-1;2*2-1(3,4)5;/h1-4H,5-8H2;;;/q;2*-1;+2. The predicted molar refractivity (Wildman–Crippen MR) is 57.1 cm³/mol. The summed E-state index contributed by atoms with van der Waals surface area (Å²) in [6, 6.07) is 0. The summed E-state index contributed by atoms with van der Waals surface area (Å²) in [6.07, 6.45) is 14.0. The minimum Gasteiger partial charge on any atom is -0.418 e. The number of hydrogen-bond acceptors (Lipinski definition) is 0. The van der Waals surface area contributed by atoms with Crippen LogP contribution in [0.3, 0.4) is 0 Å². The first kappa shape index (κ1) is 23.6. The zero-order valence-electron chi connectivity index (χ0n) is 9.63. The number of hydrogen-bond donors (Lipinski definition) is 0. The van der Waals surface area contributed by atoms with Gasteiger partial charge in [0, 0.05) is 0 Å². The molecule has 0 heterocycles. The fourth-order valence-electron chi connectivity index (χ4n) is 0.874. The zero-order chi connectivity index (χ0) is 14.7. The average molecular weight is 340 g/mol. The zero-order valence-corrected chi connectivity index (χ0v) is 10.6. The molecule has 0 aromatic heterocycles. The molecule has 0 N–H and O–H groups in total. The largest absolute Gasteiger partial charge is 2.00 e. The van der Waals surface area contributed by atoms with Crippen molar-refractivity contribution >= 4 is 14.5 Å². The van der Waals surface area contributed by atoms with E-state index in [0.717, 1.165) is 0 Å². The molecule has 0 radical (unpaired) electrons. The van der Waals surface area contributed by atoms with Crippen molar-refractivity contribution in [3.63, 3.8) is 0 Å². The molecule has 0 unspecified atom stereocenters. The van der Waals surface area contributed by atoms with Crippen LogP contribution < -0.4 is 0 Å². The van der Waals surface area contributed by atoms with Gasteiger partial charge in [-0.1, -0.05) is 24.3 Å². The molecule has 0 fully saturated rings. The van der Waals surface area contributed by atoms with Gasteiger partial charge >= 0.3 is 31.0 Å². The smallest absolute Gasteiger partial charge is 0.418 e. The van der Waals surface area contributed by atoms with E-state index in [4.69, 9.17) is 0 Å². The van der Waals surface area contributed by atoms with Crippen molar-refractivity contribution in [1.29, 1.82) is 0 Å². The third kappa shape index (κ3) is 74.5. The van der Waals surface area contributed by atoms with E-state index in [2.05, 4.69) is 24.3 Å². The van der Waals surface area contributed by atoms with E-state index in [-0.39, 0.29) is 16.5 Å². The summed E-state index contributed by atoms with van der Waals surface area (Å²) in [5.41, 5.74) is 0. The fourth-order valence-corrected chi connectivity index (χ4v) is 0.874. The summed E-state index contributed by atoms with van der Waals surface area (Å²) in [5.74, 6) is 0. The van der Waals surface area contributed by atoms with Crippen LogP contribution in [0.15, 0.2) is 24.3 Å². The third-order valence-corrected chi connectivity index (χ3v) is 1.37. The Hall–Kier alpha value is -0.457. The van der Waals surface area contributed by atoms with E-state index in [9.17, 15) is 34.5 Å². The Morgan fingerprint density at radius 3 is 1.00 bits per heavy atom. The maximum Gasteiger partial charge on any atom is 2.00 e. The van der Waals surface area contributed by atoms with Gasteiger partial charge < -0.3 is 34.5 Å². The summed E-state index contributed by atoms with van der Waals surface area (Å²) in [6.45, 7) is 0. The van der Waals surface area contributed by atoms with Crippen LogP contribution in [-0.4, -0.2) is 14.5 Å². The normalized spacial score (nSPS) is 14.7. The van der Waals surface area contributed by atoms with Crippen LogP contribution in [0.4, 0.5) is 34.5 Å². The van der Waals surface area contributed by atoms with Crippen molar-refractivity contribution in [2.24, 2.45) is 0 Å². The van der Waals surface area contributed by atoms with Crippen LogP contribution in [0.25, 0.3) is 0 Å². The van der Waals surface area contributed by atoms with Crippen LogP contribution in [0.2, 0.25) is 0 Å². The molecule has 11 heteroatoms. The fraction of sp³-hybridized carbons (Fsp3) is 0.500. The molecule has 0 saturated heterocycles. The summed E-state index contributed by atoms with van der Waals surface area (Å²) < 4.78 is 78.0. The first-order valence-electron chi connectivity index (χ1n) is 5.06. The van der Waals surface area contributed by atoms with Crippen molar-refractivity contribution in [3.05, 3.63) is 24.3 Å². The maximum atomic E-state index is 9.75. The molecule has 0 aromatic carbocycles. The molecule has 0 bridgehead atoms. The van der Waals surface area contributed by atoms with Gasteiger partial charge in [0.15, 0.2) is 0 Å². The first-order valence-corrected chi connectivity index (χ1v) is 5.06. The second-order valence-corrected chi connectivity index (χ2v) is 3.13.